The molecule has 0 saturated heterocycles. The summed E-state index contributed by atoms with van der Waals surface area (Å²) in [6.45, 7) is 0. The van der Waals surface area contributed by atoms with Gasteiger partial charge in [-0.2, -0.15) is 4.39 Å². The number of nitrogen functional groups attached to an aromatic ring is 1. The summed E-state index contributed by atoms with van der Waals surface area (Å²) in [6.07, 6.45) is -2.98. The zero-order chi connectivity index (χ0) is 10.9. The van der Waals surface area contributed by atoms with Gasteiger partial charge in [-0.15, -0.1) is 0 Å². The van der Waals surface area contributed by atoms with Crippen molar-refractivity contribution < 1.29 is 18.0 Å². The van der Waals surface area contributed by atoms with E-state index >= 15 is 0 Å². The molecule has 1 heterocycles. The van der Waals surface area contributed by atoms with E-state index in [1.54, 1.807) is 0 Å². The summed E-state index contributed by atoms with van der Waals surface area (Å²) in [7, 11) is 0. The van der Waals surface area contributed by atoms with Crippen LogP contribution in [0.25, 0.3) is 0 Å². The number of hydrogen-bond acceptors (Lipinski definition) is 3. The Morgan fingerprint density at radius 2 is 2.14 bits per heavy atom. The number of hydrogen-bond donors (Lipinski definition) is 1. The summed E-state index contributed by atoms with van der Waals surface area (Å²) in [5.74, 6) is -1.20. The van der Waals surface area contributed by atoms with Crippen LogP contribution in [0.4, 0.5) is 18.9 Å². The van der Waals surface area contributed by atoms with Crippen LogP contribution in [0, 0.1) is 5.95 Å². The fraction of sp³-hybridized carbons (Fsp3) is 0.143. The molecule has 0 aliphatic rings. The van der Waals surface area contributed by atoms with Crippen molar-refractivity contribution in [2.75, 3.05) is 5.73 Å². The van der Waals surface area contributed by atoms with Crippen molar-refractivity contribution in [3.63, 3.8) is 0 Å². The lowest BCUT2D eigenvalue weighted by atomic mass is 10.2. The Morgan fingerprint density at radius 3 is 2.57 bits per heavy atom. The number of aromatic nitrogens is 1. The first-order chi connectivity index (χ1) is 6.43. The molecule has 0 amide bonds. The first-order valence-electron chi connectivity index (χ1n) is 3.37. The van der Waals surface area contributed by atoms with Gasteiger partial charge in [0.1, 0.15) is 5.69 Å². The minimum atomic E-state index is -2.98. The molecule has 3 nitrogen and oxygen atoms in total. The highest BCUT2D eigenvalue weighted by molar-refractivity contribution is 6.67. The van der Waals surface area contributed by atoms with Gasteiger partial charge < -0.3 is 5.73 Å². The monoisotopic (exact) mass is 224 g/mol. The van der Waals surface area contributed by atoms with Gasteiger partial charge in [0.05, 0.1) is 11.3 Å². The lowest BCUT2D eigenvalue weighted by molar-refractivity contribution is 0.105. The Hall–Kier alpha value is -1.30. The van der Waals surface area contributed by atoms with Gasteiger partial charge in [-0.1, -0.05) is 0 Å². The normalized spacial score (nSPS) is 10.6. The van der Waals surface area contributed by atoms with Gasteiger partial charge in [-0.3, -0.25) is 4.79 Å². The number of nitrogens with zero attached hydrogens (tertiary/aromatic N) is 1. The molecule has 0 radical (unpaired) electrons. The lowest BCUT2D eigenvalue weighted by Crippen LogP contribution is -2.07. The molecule has 0 aromatic carbocycles. The lowest BCUT2D eigenvalue weighted by Gasteiger charge is -2.05. The van der Waals surface area contributed by atoms with Gasteiger partial charge >= 0.3 is 0 Å². The third kappa shape index (κ3) is 1.95. The summed E-state index contributed by atoms with van der Waals surface area (Å²) >= 11 is 4.93. The zero-order valence-corrected chi connectivity index (χ0v) is 7.36. The molecule has 0 bridgehead atoms. The summed E-state index contributed by atoms with van der Waals surface area (Å²) < 4.78 is 37.2. The highest BCUT2D eigenvalue weighted by Gasteiger charge is 2.21. The van der Waals surface area contributed by atoms with Crippen molar-refractivity contribution in [3.8, 4) is 0 Å². The number of carbonyl (C=O) groups is 1. The van der Waals surface area contributed by atoms with Gasteiger partial charge in [-0.25, -0.2) is 13.8 Å². The van der Waals surface area contributed by atoms with Gasteiger partial charge in [0, 0.05) is 0 Å². The number of halogens is 4. The molecule has 14 heavy (non-hydrogen) atoms. The molecule has 0 unspecified atom stereocenters. The molecular formula is C7H4ClF3N2O. The molecule has 0 aliphatic carbocycles. The third-order valence-electron chi connectivity index (χ3n) is 1.45. The van der Waals surface area contributed by atoms with Crippen LogP contribution in [-0.2, 0) is 0 Å². The summed E-state index contributed by atoms with van der Waals surface area (Å²) in [5, 5.41) is -1.25. The number of anilines is 1. The Morgan fingerprint density at radius 1 is 1.57 bits per heavy atom. The molecular weight excluding hydrogens is 221 g/mol. The average molecular weight is 225 g/mol. The summed E-state index contributed by atoms with van der Waals surface area (Å²) in [6, 6.07) is 0.641. The molecule has 0 atom stereocenters. The van der Waals surface area contributed by atoms with E-state index < -0.39 is 34.6 Å². The van der Waals surface area contributed by atoms with Crippen LogP contribution in [-0.4, -0.2) is 10.2 Å². The van der Waals surface area contributed by atoms with Crippen LogP contribution in [0.1, 0.15) is 22.5 Å². The molecule has 0 spiro atoms. The van der Waals surface area contributed by atoms with E-state index in [1.165, 1.54) is 0 Å². The number of pyridine rings is 1. The van der Waals surface area contributed by atoms with E-state index in [9.17, 15) is 18.0 Å². The third-order valence-corrected chi connectivity index (χ3v) is 1.63. The van der Waals surface area contributed by atoms with Crippen molar-refractivity contribution in [1.29, 1.82) is 0 Å². The Kier molecular flexibility index (Phi) is 2.95. The number of nitrogens with two attached hydrogens (primary N) is 1. The van der Waals surface area contributed by atoms with E-state index in [2.05, 4.69) is 4.98 Å². The number of carbonyl (C=O) groups excluding carboxylic acids is 1. The molecule has 7 heteroatoms. The molecule has 1 rings (SSSR count). The predicted octanol–water partition coefficient (Wildman–Crippen LogP) is 2.12. The molecule has 2 N–H and O–H groups in total. The summed E-state index contributed by atoms with van der Waals surface area (Å²) in [4.78, 5) is 13.5. The van der Waals surface area contributed by atoms with Gasteiger partial charge in [-0.05, 0) is 17.7 Å². The zero-order valence-electron chi connectivity index (χ0n) is 6.60. The van der Waals surface area contributed by atoms with Crippen molar-refractivity contribution in [3.05, 3.63) is 23.3 Å². The SMILES string of the molecule is Nc1cc(C(F)F)c(C(=O)Cl)nc1F. The second-order valence-electron chi connectivity index (χ2n) is 2.38. The summed E-state index contributed by atoms with van der Waals surface area (Å²) in [5.41, 5.74) is 2.86. The highest BCUT2D eigenvalue weighted by atomic mass is 35.5. The Labute approximate surface area is 81.7 Å². The van der Waals surface area contributed by atoms with Crippen LogP contribution in [0.2, 0.25) is 0 Å². The quantitative estimate of drug-likeness (QED) is 0.618. The van der Waals surface area contributed by atoms with E-state index in [1.807, 2.05) is 0 Å². The van der Waals surface area contributed by atoms with Crippen molar-refractivity contribution in [2.45, 2.75) is 6.43 Å². The highest BCUT2D eigenvalue weighted by Crippen LogP contribution is 2.25. The van der Waals surface area contributed by atoms with Crippen LogP contribution in [0.5, 0.6) is 0 Å². The fourth-order valence-corrected chi connectivity index (χ4v) is 0.998. The first kappa shape index (κ1) is 10.8. The second kappa shape index (κ2) is 3.83. The Balaban J connectivity index is 3.39. The van der Waals surface area contributed by atoms with Crippen LogP contribution < -0.4 is 5.73 Å². The predicted molar refractivity (Wildman–Crippen MR) is 43.7 cm³/mol. The van der Waals surface area contributed by atoms with E-state index in [0.29, 0.717) is 6.07 Å². The van der Waals surface area contributed by atoms with Crippen LogP contribution in [0.15, 0.2) is 6.07 Å². The molecule has 1 aromatic rings. The van der Waals surface area contributed by atoms with E-state index in [0.717, 1.165) is 0 Å². The van der Waals surface area contributed by atoms with Crippen LogP contribution in [0.3, 0.4) is 0 Å². The maximum atomic E-state index is 12.7. The smallest absolute Gasteiger partial charge is 0.271 e. The van der Waals surface area contributed by atoms with Crippen LogP contribution >= 0.6 is 11.6 Å². The Bertz CT molecular complexity index is 383. The topological polar surface area (TPSA) is 56.0 Å². The molecule has 0 saturated carbocycles. The van der Waals surface area contributed by atoms with Crippen molar-refractivity contribution in [1.82, 2.24) is 4.98 Å². The maximum Gasteiger partial charge on any atom is 0.271 e. The minimum Gasteiger partial charge on any atom is -0.395 e. The van der Waals surface area contributed by atoms with E-state index in [-0.39, 0.29) is 0 Å². The second-order valence-corrected chi connectivity index (χ2v) is 2.72. The largest absolute Gasteiger partial charge is 0.395 e. The molecule has 1 aromatic heterocycles. The van der Waals surface area contributed by atoms with E-state index in [4.69, 9.17) is 17.3 Å². The molecule has 0 fully saturated rings. The minimum absolute atomic E-state index is 0.554. The van der Waals surface area contributed by atoms with Gasteiger partial charge in [0.15, 0.2) is 0 Å². The van der Waals surface area contributed by atoms with Gasteiger partial charge in [0.2, 0.25) is 5.95 Å². The standard InChI is InChI=1S/C7H4ClF3N2O/c8-5(14)4-2(6(9)10)1-3(12)7(11)13-4/h1,6H,12H2. The number of rotatable bonds is 2. The molecule has 0 aliphatic heterocycles. The maximum absolute atomic E-state index is 12.7. The van der Waals surface area contributed by atoms with Crippen molar-refractivity contribution >= 4 is 22.5 Å². The first-order valence-corrected chi connectivity index (χ1v) is 3.75. The fourth-order valence-electron chi connectivity index (χ4n) is 0.846. The van der Waals surface area contributed by atoms with Gasteiger partial charge in [0.25, 0.3) is 11.7 Å². The van der Waals surface area contributed by atoms with Crippen molar-refractivity contribution in [2.24, 2.45) is 0 Å². The average Bonchev–Trinajstić information content (AvgIpc) is 2.08. The molecule has 76 valence electrons. The number of alkyl halides is 2.